The van der Waals surface area contributed by atoms with Gasteiger partial charge in [-0.1, -0.05) is 0 Å². The Balaban J connectivity index is 1.86. The fourth-order valence-electron chi connectivity index (χ4n) is 2.17. The van der Waals surface area contributed by atoms with Crippen molar-refractivity contribution in [2.75, 3.05) is 18.5 Å². The monoisotopic (exact) mass is 245 g/mol. The van der Waals surface area contributed by atoms with Crippen LogP contribution in [0.15, 0.2) is 12.1 Å². The Kier molecular flexibility index (Phi) is 4.54. The molecule has 1 aliphatic heterocycles. The molecule has 1 fully saturated rings. The fourth-order valence-corrected chi connectivity index (χ4v) is 2.17. The van der Waals surface area contributed by atoms with Gasteiger partial charge in [0.1, 0.15) is 11.9 Å². The van der Waals surface area contributed by atoms with Crippen LogP contribution in [0.25, 0.3) is 0 Å². The molecule has 0 aliphatic carbocycles. The smallest absolute Gasteiger partial charge is 0.144 e. The zero-order chi connectivity index (χ0) is 12.8. The molecule has 2 heterocycles. The van der Waals surface area contributed by atoms with Crippen LogP contribution in [0.3, 0.4) is 0 Å². The van der Waals surface area contributed by atoms with Gasteiger partial charge in [0.05, 0.1) is 11.7 Å². The first-order chi connectivity index (χ1) is 8.79. The number of nitrogens with one attached hydrogen (secondary N) is 1. The molecule has 18 heavy (non-hydrogen) atoms. The molecule has 4 heteroatoms. The molecule has 4 nitrogen and oxygen atoms in total. The zero-order valence-corrected chi connectivity index (χ0v) is 10.8. The molecular weight excluding hydrogens is 226 g/mol. The second kappa shape index (κ2) is 6.36. The van der Waals surface area contributed by atoms with Crippen LogP contribution in [0.2, 0.25) is 0 Å². The van der Waals surface area contributed by atoms with Gasteiger partial charge in [-0.3, -0.25) is 0 Å². The molecule has 1 N–H and O–H groups in total. The lowest BCUT2D eigenvalue weighted by atomic mass is 10.1. The van der Waals surface area contributed by atoms with E-state index in [1.807, 2.05) is 19.1 Å². The minimum Gasteiger partial charge on any atom is -0.378 e. The summed E-state index contributed by atoms with van der Waals surface area (Å²) >= 11 is 0. The van der Waals surface area contributed by atoms with Crippen molar-refractivity contribution in [3.05, 3.63) is 23.4 Å². The first kappa shape index (κ1) is 12.8. The van der Waals surface area contributed by atoms with E-state index in [-0.39, 0.29) is 0 Å². The van der Waals surface area contributed by atoms with Gasteiger partial charge in [0.25, 0.3) is 0 Å². The van der Waals surface area contributed by atoms with Gasteiger partial charge in [-0.15, -0.1) is 0 Å². The summed E-state index contributed by atoms with van der Waals surface area (Å²) in [6.07, 6.45) is 4.93. The normalized spacial score (nSPS) is 19.2. The van der Waals surface area contributed by atoms with Crippen LogP contribution in [0.1, 0.15) is 36.9 Å². The van der Waals surface area contributed by atoms with E-state index in [0.717, 1.165) is 31.7 Å². The lowest BCUT2D eigenvalue weighted by Gasteiger charge is -2.22. The van der Waals surface area contributed by atoms with E-state index in [1.54, 1.807) is 0 Å². The van der Waals surface area contributed by atoms with Crippen molar-refractivity contribution in [1.29, 1.82) is 5.26 Å². The van der Waals surface area contributed by atoms with E-state index in [0.29, 0.717) is 17.5 Å². The van der Waals surface area contributed by atoms with Crippen molar-refractivity contribution in [3.8, 4) is 6.07 Å². The summed E-state index contributed by atoms with van der Waals surface area (Å²) in [5, 5.41) is 12.2. The quantitative estimate of drug-likeness (QED) is 0.886. The summed E-state index contributed by atoms with van der Waals surface area (Å²) in [5.41, 5.74) is 1.52. The largest absolute Gasteiger partial charge is 0.378 e. The maximum atomic E-state index is 9.00. The number of aryl methyl sites for hydroxylation is 1. The maximum Gasteiger partial charge on any atom is 0.144 e. The highest BCUT2D eigenvalue weighted by molar-refractivity contribution is 5.52. The number of anilines is 1. The molecule has 1 aliphatic rings. The third-order valence-corrected chi connectivity index (χ3v) is 3.19. The fraction of sp³-hybridized carbons (Fsp3) is 0.571. The summed E-state index contributed by atoms with van der Waals surface area (Å²) in [7, 11) is 0. The number of nitriles is 1. The van der Waals surface area contributed by atoms with Gasteiger partial charge in [0.15, 0.2) is 0 Å². The average Bonchev–Trinajstić information content (AvgIpc) is 2.40. The van der Waals surface area contributed by atoms with Crippen molar-refractivity contribution in [1.82, 2.24) is 4.98 Å². The molecular formula is C14H19N3O. The number of rotatable bonds is 4. The number of ether oxygens (including phenoxy) is 1. The van der Waals surface area contributed by atoms with Crippen LogP contribution in [-0.2, 0) is 4.74 Å². The van der Waals surface area contributed by atoms with Crippen molar-refractivity contribution in [2.24, 2.45) is 0 Å². The van der Waals surface area contributed by atoms with E-state index in [2.05, 4.69) is 16.4 Å². The summed E-state index contributed by atoms with van der Waals surface area (Å²) in [5.74, 6) is 0.688. The predicted octanol–water partition coefficient (Wildman–Crippen LogP) is 2.63. The van der Waals surface area contributed by atoms with Gasteiger partial charge >= 0.3 is 0 Å². The lowest BCUT2D eigenvalue weighted by molar-refractivity contribution is 0.0134. The highest BCUT2D eigenvalue weighted by Gasteiger charge is 2.13. The van der Waals surface area contributed by atoms with E-state index in [1.165, 1.54) is 12.8 Å². The molecule has 1 unspecified atom stereocenters. The Bertz CT molecular complexity index is 433. The Labute approximate surface area is 108 Å². The predicted molar refractivity (Wildman–Crippen MR) is 70.4 cm³/mol. The molecule has 0 amide bonds. The number of hydrogen-bond acceptors (Lipinski definition) is 4. The molecule has 0 radical (unpaired) electrons. The Hall–Kier alpha value is -1.60. The van der Waals surface area contributed by atoms with E-state index in [4.69, 9.17) is 10.00 Å². The highest BCUT2D eigenvalue weighted by atomic mass is 16.5. The molecule has 2 rings (SSSR count). The van der Waals surface area contributed by atoms with Gasteiger partial charge in [-0.25, -0.2) is 4.98 Å². The molecule has 1 atom stereocenters. The molecule has 0 spiro atoms. The molecule has 1 saturated heterocycles. The van der Waals surface area contributed by atoms with E-state index < -0.39 is 0 Å². The van der Waals surface area contributed by atoms with E-state index in [9.17, 15) is 0 Å². The third-order valence-electron chi connectivity index (χ3n) is 3.19. The summed E-state index contributed by atoms with van der Waals surface area (Å²) in [4.78, 5) is 4.35. The molecule has 0 aromatic carbocycles. The van der Waals surface area contributed by atoms with Gasteiger partial charge in [-0.2, -0.15) is 5.26 Å². The van der Waals surface area contributed by atoms with Gasteiger partial charge in [0, 0.05) is 18.8 Å². The van der Waals surface area contributed by atoms with Crippen LogP contribution in [-0.4, -0.2) is 24.2 Å². The summed E-state index contributed by atoms with van der Waals surface area (Å²) < 4.78 is 5.67. The summed E-state index contributed by atoms with van der Waals surface area (Å²) in [6, 6.07) is 5.82. The molecule has 1 aromatic rings. The second-order valence-corrected chi connectivity index (χ2v) is 4.66. The topological polar surface area (TPSA) is 57.9 Å². The highest BCUT2D eigenvalue weighted by Crippen LogP contribution is 2.17. The Morgan fingerprint density at radius 3 is 3.11 bits per heavy atom. The standard InChI is InChI=1S/C14H19N3O/c1-11-5-6-12(10-15)14(17-11)16-8-7-13-4-2-3-9-18-13/h5-6,13H,2-4,7-9H2,1H3,(H,16,17). The van der Waals surface area contributed by atoms with Crippen molar-refractivity contribution in [3.63, 3.8) is 0 Å². The van der Waals surface area contributed by atoms with E-state index >= 15 is 0 Å². The second-order valence-electron chi connectivity index (χ2n) is 4.66. The van der Waals surface area contributed by atoms with Crippen LogP contribution in [0.4, 0.5) is 5.82 Å². The number of hydrogen-bond donors (Lipinski definition) is 1. The van der Waals surface area contributed by atoms with Crippen LogP contribution in [0.5, 0.6) is 0 Å². The van der Waals surface area contributed by atoms with Crippen LogP contribution >= 0.6 is 0 Å². The SMILES string of the molecule is Cc1ccc(C#N)c(NCCC2CCCCO2)n1. The first-order valence-corrected chi connectivity index (χ1v) is 6.53. The molecule has 0 bridgehead atoms. The van der Waals surface area contributed by atoms with Gasteiger partial charge in [0.2, 0.25) is 0 Å². The Morgan fingerprint density at radius 2 is 2.39 bits per heavy atom. The zero-order valence-electron chi connectivity index (χ0n) is 10.8. The molecule has 0 saturated carbocycles. The Morgan fingerprint density at radius 1 is 1.50 bits per heavy atom. The molecule has 1 aromatic heterocycles. The van der Waals surface area contributed by atoms with Crippen molar-refractivity contribution in [2.45, 2.75) is 38.7 Å². The van der Waals surface area contributed by atoms with Crippen LogP contribution in [0, 0.1) is 18.3 Å². The van der Waals surface area contributed by atoms with Crippen molar-refractivity contribution >= 4 is 5.82 Å². The number of aromatic nitrogens is 1. The van der Waals surface area contributed by atoms with Crippen molar-refractivity contribution < 1.29 is 4.74 Å². The maximum absolute atomic E-state index is 9.00. The summed E-state index contributed by atoms with van der Waals surface area (Å²) in [6.45, 7) is 3.61. The van der Waals surface area contributed by atoms with Gasteiger partial charge in [-0.05, 0) is 44.7 Å². The first-order valence-electron chi connectivity index (χ1n) is 6.53. The third kappa shape index (κ3) is 3.44. The lowest BCUT2D eigenvalue weighted by Crippen LogP contribution is -2.22. The minimum absolute atomic E-state index is 0.363. The van der Waals surface area contributed by atoms with Crippen LogP contribution < -0.4 is 5.32 Å². The average molecular weight is 245 g/mol. The minimum atomic E-state index is 0.363. The molecule has 96 valence electrons. The number of pyridine rings is 1. The van der Waals surface area contributed by atoms with Gasteiger partial charge < -0.3 is 10.1 Å². The number of nitrogens with zero attached hydrogens (tertiary/aromatic N) is 2.